The summed E-state index contributed by atoms with van der Waals surface area (Å²) in [7, 11) is 0. The number of imidazole rings is 1. The van der Waals surface area contributed by atoms with Gasteiger partial charge in [0, 0.05) is 30.3 Å². The third kappa shape index (κ3) is 4.43. The van der Waals surface area contributed by atoms with Crippen molar-refractivity contribution in [3.63, 3.8) is 0 Å². The van der Waals surface area contributed by atoms with Crippen molar-refractivity contribution in [2.24, 2.45) is 0 Å². The number of aromatic nitrogens is 2. The van der Waals surface area contributed by atoms with Gasteiger partial charge in [-0.3, -0.25) is 0 Å². The quantitative estimate of drug-likeness (QED) is 0.447. The van der Waals surface area contributed by atoms with E-state index in [0.29, 0.717) is 6.42 Å². The van der Waals surface area contributed by atoms with Crippen LogP contribution >= 0.6 is 11.8 Å². The fourth-order valence-corrected chi connectivity index (χ4v) is 2.90. The molecule has 1 unspecified atom stereocenters. The van der Waals surface area contributed by atoms with Crippen molar-refractivity contribution in [1.82, 2.24) is 9.55 Å². The van der Waals surface area contributed by atoms with Gasteiger partial charge in [-0.15, -0.1) is 0 Å². The summed E-state index contributed by atoms with van der Waals surface area (Å²) in [5, 5.41) is 12.7. The number of halogens is 1. The molecule has 1 heterocycles. The van der Waals surface area contributed by atoms with E-state index in [9.17, 15) is 9.50 Å². The lowest BCUT2D eigenvalue weighted by Crippen LogP contribution is -2.06. The number of hydrogen-bond donors (Lipinski definition) is 1. The van der Waals surface area contributed by atoms with Gasteiger partial charge in [0.1, 0.15) is 11.3 Å². The fraction of sp³-hybridized carbons (Fsp3) is 0.167. The van der Waals surface area contributed by atoms with Crippen LogP contribution in [-0.4, -0.2) is 20.1 Å². The van der Waals surface area contributed by atoms with Gasteiger partial charge in [-0.25, -0.2) is 9.37 Å². The normalized spacial score (nSPS) is 12.3. The monoisotopic (exact) mass is 328 g/mol. The molecule has 0 bridgehead atoms. The summed E-state index contributed by atoms with van der Waals surface area (Å²) < 4.78 is 14.6. The van der Waals surface area contributed by atoms with E-state index in [4.69, 9.17) is 0 Å². The topological polar surface area (TPSA) is 38.0 Å². The highest BCUT2D eigenvalue weighted by atomic mass is 32.2. The van der Waals surface area contributed by atoms with Gasteiger partial charge in [0.15, 0.2) is 0 Å². The Hall–Kier alpha value is -2.11. The third-order valence-electron chi connectivity index (χ3n) is 3.50. The Morgan fingerprint density at radius 2 is 1.70 bits per heavy atom. The van der Waals surface area contributed by atoms with E-state index in [1.165, 1.54) is 34.3 Å². The molecule has 4 rings (SSSR count). The van der Waals surface area contributed by atoms with Gasteiger partial charge < -0.3 is 9.67 Å². The lowest BCUT2D eigenvalue weighted by atomic mass is 10.1. The Labute approximate surface area is 138 Å². The predicted molar refractivity (Wildman–Crippen MR) is 89.2 cm³/mol. The molecule has 1 N–H and O–H groups in total. The molecule has 0 spiro atoms. The van der Waals surface area contributed by atoms with Crippen LogP contribution < -0.4 is 0 Å². The summed E-state index contributed by atoms with van der Waals surface area (Å²) >= 11 is 1.33. The minimum absolute atomic E-state index is 0.262. The van der Waals surface area contributed by atoms with E-state index < -0.39 is 5.44 Å². The van der Waals surface area contributed by atoms with Crippen LogP contribution in [-0.2, 0) is 6.54 Å². The fourth-order valence-electron chi connectivity index (χ4n) is 2.07. The van der Waals surface area contributed by atoms with Crippen LogP contribution in [0.3, 0.4) is 0 Å². The second kappa shape index (κ2) is 7.44. The Kier molecular flexibility index (Phi) is 5.10. The molecule has 0 saturated carbocycles. The van der Waals surface area contributed by atoms with Gasteiger partial charge in [0.25, 0.3) is 0 Å². The molecule has 1 atom stereocenters. The van der Waals surface area contributed by atoms with Crippen molar-refractivity contribution >= 4 is 11.8 Å². The van der Waals surface area contributed by atoms with Crippen molar-refractivity contribution in [1.29, 1.82) is 0 Å². The van der Waals surface area contributed by atoms with Crippen molar-refractivity contribution in [2.75, 3.05) is 0 Å². The molecule has 0 amide bonds. The molecule has 0 saturated heterocycles. The summed E-state index contributed by atoms with van der Waals surface area (Å²) in [5.74, 6) is -0.262. The maximum Gasteiger partial charge on any atom is 0.123 e. The number of hydrogen-bond acceptors (Lipinski definition) is 3. The first-order chi connectivity index (χ1) is 11.2. The SMILES string of the molecule is OC(CCn1ccnc1)Sc1ccc(F)cc1.c1cc2ccc1=2. The number of aryl methyl sites for hydroxylation is 1. The van der Waals surface area contributed by atoms with Gasteiger partial charge in [-0.05, 0) is 34.7 Å². The van der Waals surface area contributed by atoms with Gasteiger partial charge >= 0.3 is 0 Å². The average molecular weight is 328 g/mol. The Morgan fingerprint density at radius 3 is 2.17 bits per heavy atom. The van der Waals surface area contributed by atoms with Gasteiger partial charge in [-0.2, -0.15) is 0 Å². The lowest BCUT2D eigenvalue weighted by molar-refractivity contribution is 0.245. The van der Waals surface area contributed by atoms with Crippen molar-refractivity contribution in [3.05, 3.63) is 83.5 Å². The standard InChI is InChI=1S/C12H13FN2OS.C6H4/c13-10-1-3-11(4-2-10)17-12(16)5-7-15-8-6-14-9-15;1-2-6-4-3-5(1)6/h1-4,6,8-9,12,16H,5,7H2;1-4H. The van der Waals surface area contributed by atoms with Crippen LogP contribution in [0.1, 0.15) is 6.42 Å². The molecule has 3 nitrogen and oxygen atoms in total. The van der Waals surface area contributed by atoms with Gasteiger partial charge in [0.05, 0.1) is 6.33 Å². The van der Waals surface area contributed by atoms with Crippen LogP contribution in [0.25, 0.3) is 0 Å². The van der Waals surface area contributed by atoms with E-state index >= 15 is 0 Å². The molecule has 0 radical (unpaired) electrons. The molecule has 1 aromatic heterocycles. The number of rotatable bonds is 5. The molecular weight excluding hydrogens is 311 g/mol. The number of aliphatic hydroxyl groups excluding tert-OH is 1. The molecule has 2 aliphatic rings. The first-order valence-electron chi connectivity index (χ1n) is 7.37. The number of nitrogens with zero attached hydrogens (tertiary/aromatic N) is 2. The van der Waals surface area contributed by atoms with Crippen LogP contribution in [0.4, 0.5) is 4.39 Å². The highest BCUT2D eigenvalue weighted by Crippen LogP contribution is 2.24. The first-order valence-corrected chi connectivity index (χ1v) is 8.25. The molecule has 0 fully saturated rings. The summed E-state index contributed by atoms with van der Waals surface area (Å²) in [5.41, 5.74) is -0.497. The number of aliphatic hydroxyl groups is 1. The average Bonchev–Trinajstić information content (AvgIpc) is 3.05. The molecule has 5 heteroatoms. The van der Waals surface area contributed by atoms with Crippen molar-refractivity contribution in [2.45, 2.75) is 23.3 Å². The van der Waals surface area contributed by atoms with Crippen LogP contribution in [0.15, 0.2) is 72.1 Å². The van der Waals surface area contributed by atoms with Crippen molar-refractivity contribution in [3.8, 4) is 0 Å². The summed E-state index contributed by atoms with van der Waals surface area (Å²) in [6.07, 6.45) is 5.91. The zero-order valence-electron chi connectivity index (χ0n) is 12.5. The van der Waals surface area contributed by atoms with E-state index in [-0.39, 0.29) is 5.82 Å². The maximum atomic E-state index is 12.7. The first kappa shape index (κ1) is 15.8. The van der Waals surface area contributed by atoms with E-state index in [1.54, 1.807) is 24.7 Å². The second-order valence-electron chi connectivity index (χ2n) is 5.19. The Bertz CT molecular complexity index is 784. The minimum Gasteiger partial charge on any atom is -0.382 e. The molecule has 2 aliphatic carbocycles. The zero-order chi connectivity index (χ0) is 16.1. The van der Waals surface area contributed by atoms with Crippen LogP contribution in [0.5, 0.6) is 0 Å². The molecule has 0 aliphatic heterocycles. The highest BCUT2D eigenvalue weighted by molar-refractivity contribution is 7.99. The predicted octanol–water partition coefficient (Wildman–Crippen LogP) is 3.81. The second-order valence-corrected chi connectivity index (χ2v) is 6.44. The number of thioether (sulfide) groups is 1. The molecular formula is C18H17FN2OS. The zero-order valence-corrected chi connectivity index (χ0v) is 13.3. The largest absolute Gasteiger partial charge is 0.382 e. The summed E-state index contributed by atoms with van der Waals surface area (Å²) in [6, 6.07) is 14.6. The minimum atomic E-state index is -0.497. The van der Waals surface area contributed by atoms with Crippen LogP contribution in [0.2, 0.25) is 0 Å². The van der Waals surface area contributed by atoms with Gasteiger partial charge in [0.2, 0.25) is 0 Å². The highest BCUT2D eigenvalue weighted by Gasteiger charge is 2.06. The Morgan fingerprint density at radius 1 is 1.04 bits per heavy atom. The van der Waals surface area contributed by atoms with E-state index in [2.05, 4.69) is 29.2 Å². The molecule has 23 heavy (non-hydrogen) atoms. The van der Waals surface area contributed by atoms with Crippen LogP contribution in [0, 0.1) is 16.3 Å². The smallest absolute Gasteiger partial charge is 0.123 e. The van der Waals surface area contributed by atoms with E-state index in [0.717, 1.165) is 11.4 Å². The van der Waals surface area contributed by atoms with Crippen molar-refractivity contribution < 1.29 is 9.50 Å². The lowest BCUT2D eigenvalue weighted by Gasteiger charge is -2.10. The van der Waals surface area contributed by atoms with E-state index in [1.807, 2.05) is 10.8 Å². The van der Waals surface area contributed by atoms with Gasteiger partial charge in [-0.1, -0.05) is 36.0 Å². The third-order valence-corrected chi connectivity index (χ3v) is 4.55. The Balaban J connectivity index is 0.000000213. The summed E-state index contributed by atoms with van der Waals surface area (Å²) in [6.45, 7) is 0.718. The molecule has 1 aromatic carbocycles. The molecule has 118 valence electrons. The number of benzene rings is 2. The maximum absolute atomic E-state index is 12.7. The molecule has 2 aromatic rings. The summed E-state index contributed by atoms with van der Waals surface area (Å²) in [4.78, 5) is 4.79.